The molecule has 2 aliphatic rings. The van der Waals surface area contributed by atoms with Crippen LogP contribution in [0.15, 0.2) is 30.5 Å². The molecule has 2 aromatic rings. The van der Waals surface area contributed by atoms with E-state index in [1.165, 1.54) is 6.07 Å². The summed E-state index contributed by atoms with van der Waals surface area (Å²) in [5, 5.41) is 12.4. The van der Waals surface area contributed by atoms with Gasteiger partial charge in [-0.05, 0) is 37.1 Å². The number of morpholine rings is 1. The van der Waals surface area contributed by atoms with Crippen molar-refractivity contribution in [1.82, 2.24) is 9.97 Å². The molecule has 0 radical (unpaired) electrons. The van der Waals surface area contributed by atoms with E-state index in [2.05, 4.69) is 25.1 Å². The van der Waals surface area contributed by atoms with Gasteiger partial charge in [-0.25, -0.2) is 9.37 Å². The molecule has 4 rings (SSSR count). The van der Waals surface area contributed by atoms with Gasteiger partial charge >= 0.3 is 0 Å². The van der Waals surface area contributed by atoms with Crippen molar-refractivity contribution < 1.29 is 9.13 Å². The van der Waals surface area contributed by atoms with Crippen molar-refractivity contribution in [3.05, 3.63) is 41.8 Å². The lowest BCUT2D eigenvalue weighted by atomic mass is 10.0. The maximum absolute atomic E-state index is 14.0. The van der Waals surface area contributed by atoms with Gasteiger partial charge in [0.1, 0.15) is 17.7 Å². The Hall–Kier alpha value is -2.92. The van der Waals surface area contributed by atoms with Crippen molar-refractivity contribution in [2.75, 3.05) is 54.5 Å². The molecule has 1 atom stereocenters. The fraction of sp³-hybridized carbons (Fsp3) is 0.450. The summed E-state index contributed by atoms with van der Waals surface area (Å²) >= 11 is 0. The third-order valence-electron chi connectivity index (χ3n) is 5.15. The van der Waals surface area contributed by atoms with Gasteiger partial charge in [0, 0.05) is 44.1 Å². The van der Waals surface area contributed by atoms with Gasteiger partial charge in [-0.3, -0.25) is 0 Å². The topological polar surface area (TPSA) is 77.3 Å². The quantitative estimate of drug-likeness (QED) is 0.870. The molecule has 7 nitrogen and oxygen atoms in total. The van der Waals surface area contributed by atoms with E-state index in [0.29, 0.717) is 13.2 Å². The fourth-order valence-electron chi connectivity index (χ4n) is 3.67. The van der Waals surface area contributed by atoms with Crippen LogP contribution in [0.25, 0.3) is 0 Å². The summed E-state index contributed by atoms with van der Waals surface area (Å²) in [4.78, 5) is 13.3. The average molecular weight is 382 g/mol. The van der Waals surface area contributed by atoms with E-state index in [1.807, 2.05) is 18.2 Å². The second-order valence-corrected chi connectivity index (χ2v) is 7.05. The summed E-state index contributed by atoms with van der Waals surface area (Å²) in [5.74, 6) is 1.05. The largest absolute Gasteiger partial charge is 0.378 e. The predicted molar refractivity (Wildman–Crippen MR) is 105 cm³/mol. The Balaban J connectivity index is 1.43. The zero-order valence-corrected chi connectivity index (χ0v) is 15.6. The smallest absolute Gasteiger partial charge is 0.227 e. The van der Waals surface area contributed by atoms with E-state index in [0.717, 1.165) is 56.5 Å². The molecule has 0 spiro atoms. The number of aromatic nitrogens is 2. The molecule has 1 aromatic carbocycles. The highest BCUT2D eigenvalue weighted by atomic mass is 19.1. The molecule has 8 heteroatoms. The number of benzene rings is 1. The van der Waals surface area contributed by atoms with Crippen molar-refractivity contribution in [1.29, 1.82) is 5.26 Å². The minimum atomic E-state index is -0.471. The van der Waals surface area contributed by atoms with E-state index in [4.69, 9.17) is 10.00 Å². The van der Waals surface area contributed by atoms with Crippen molar-refractivity contribution in [3.63, 3.8) is 0 Å². The molecule has 0 aliphatic carbocycles. The van der Waals surface area contributed by atoms with Crippen LogP contribution in [0.3, 0.4) is 0 Å². The summed E-state index contributed by atoms with van der Waals surface area (Å²) in [7, 11) is 0. The van der Waals surface area contributed by atoms with Crippen LogP contribution in [0.2, 0.25) is 0 Å². The SMILES string of the molecule is N#Cc1ccc(N2CCCC(Nc3ccnc(N4CCOCC4)n3)C2)cc1F. The van der Waals surface area contributed by atoms with Gasteiger partial charge in [0.2, 0.25) is 5.95 Å². The highest BCUT2D eigenvalue weighted by Gasteiger charge is 2.22. The number of piperidine rings is 1. The van der Waals surface area contributed by atoms with E-state index in [1.54, 1.807) is 12.3 Å². The molecule has 2 fully saturated rings. The molecule has 1 N–H and O–H groups in total. The second kappa shape index (κ2) is 8.40. The summed E-state index contributed by atoms with van der Waals surface area (Å²) in [6, 6.07) is 8.75. The molecule has 0 amide bonds. The number of halogens is 1. The van der Waals surface area contributed by atoms with E-state index in [-0.39, 0.29) is 11.6 Å². The van der Waals surface area contributed by atoms with Crippen LogP contribution in [0.4, 0.5) is 21.8 Å². The van der Waals surface area contributed by atoms with Crippen LogP contribution in [0, 0.1) is 17.1 Å². The lowest BCUT2D eigenvalue weighted by Gasteiger charge is -2.35. The molecule has 1 unspecified atom stereocenters. The molecule has 0 saturated carbocycles. The first kappa shape index (κ1) is 18.4. The van der Waals surface area contributed by atoms with Gasteiger partial charge in [0.15, 0.2) is 0 Å². The molecule has 2 aliphatic heterocycles. The number of rotatable bonds is 4. The first-order valence-corrected chi connectivity index (χ1v) is 9.60. The summed E-state index contributed by atoms with van der Waals surface area (Å²) in [5.41, 5.74) is 0.881. The molecular weight excluding hydrogens is 359 g/mol. The Kier molecular flexibility index (Phi) is 5.53. The molecule has 2 saturated heterocycles. The third kappa shape index (κ3) is 4.15. The van der Waals surface area contributed by atoms with E-state index in [9.17, 15) is 4.39 Å². The first-order chi connectivity index (χ1) is 13.7. The average Bonchev–Trinajstić information content (AvgIpc) is 2.75. The van der Waals surface area contributed by atoms with E-state index >= 15 is 0 Å². The van der Waals surface area contributed by atoms with Crippen LogP contribution in [-0.4, -0.2) is 55.4 Å². The number of anilines is 3. The zero-order chi connectivity index (χ0) is 19.3. The second-order valence-electron chi connectivity index (χ2n) is 7.05. The van der Waals surface area contributed by atoms with Gasteiger partial charge in [0.25, 0.3) is 0 Å². The molecular formula is C20H23FN6O. The molecule has 28 heavy (non-hydrogen) atoms. The van der Waals surface area contributed by atoms with Crippen LogP contribution < -0.4 is 15.1 Å². The molecule has 3 heterocycles. The Morgan fingerprint density at radius 1 is 1.18 bits per heavy atom. The summed E-state index contributed by atoms with van der Waals surface area (Å²) < 4.78 is 19.4. The van der Waals surface area contributed by atoms with Gasteiger partial charge in [-0.1, -0.05) is 0 Å². The zero-order valence-electron chi connectivity index (χ0n) is 15.6. The van der Waals surface area contributed by atoms with E-state index < -0.39 is 5.82 Å². The number of hydrogen-bond acceptors (Lipinski definition) is 7. The minimum Gasteiger partial charge on any atom is -0.378 e. The first-order valence-electron chi connectivity index (χ1n) is 9.60. The number of ether oxygens (including phenoxy) is 1. The predicted octanol–water partition coefficient (Wildman–Crippen LogP) is 2.40. The van der Waals surface area contributed by atoms with Gasteiger partial charge in [-0.2, -0.15) is 10.2 Å². The molecule has 146 valence electrons. The van der Waals surface area contributed by atoms with Crippen LogP contribution >= 0.6 is 0 Å². The number of nitriles is 1. The highest BCUT2D eigenvalue weighted by Crippen LogP contribution is 2.24. The maximum atomic E-state index is 14.0. The normalized spacial score (nSPS) is 19.9. The lowest BCUT2D eigenvalue weighted by molar-refractivity contribution is 0.122. The third-order valence-corrected chi connectivity index (χ3v) is 5.15. The Bertz CT molecular complexity index is 864. The van der Waals surface area contributed by atoms with Crippen molar-refractivity contribution in [2.24, 2.45) is 0 Å². The highest BCUT2D eigenvalue weighted by molar-refractivity contribution is 5.51. The van der Waals surface area contributed by atoms with Crippen molar-refractivity contribution >= 4 is 17.5 Å². The Morgan fingerprint density at radius 3 is 2.82 bits per heavy atom. The number of hydrogen-bond donors (Lipinski definition) is 1. The van der Waals surface area contributed by atoms with Crippen molar-refractivity contribution in [2.45, 2.75) is 18.9 Å². The van der Waals surface area contributed by atoms with Gasteiger partial charge in [0.05, 0.1) is 18.8 Å². The lowest BCUT2D eigenvalue weighted by Crippen LogP contribution is -2.42. The Morgan fingerprint density at radius 2 is 2.04 bits per heavy atom. The summed E-state index contributed by atoms with van der Waals surface area (Å²) in [6.45, 7) is 4.60. The minimum absolute atomic E-state index is 0.0760. The fourth-order valence-corrected chi connectivity index (χ4v) is 3.67. The number of nitrogens with one attached hydrogen (secondary N) is 1. The summed E-state index contributed by atoms with van der Waals surface area (Å²) in [6.07, 6.45) is 3.80. The van der Waals surface area contributed by atoms with Gasteiger partial charge in [-0.15, -0.1) is 0 Å². The van der Waals surface area contributed by atoms with Crippen LogP contribution in [-0.2, 0) is 4.74 Å². The molecule has 0 bridgehead atoms. The monoisotopic (exact) mass is 382 g/mol. The van der Waals surface area contributed by atoms with Crippen molar-refractivity contribution in [3.8, 4) is 6.07 Å². The maximum Gasteiger partial charge on any atom is 0.227 e. The standard InChI is InChI=1S/C20H23FN6O/c21-18-12-17(4-3-15(18)13-22)27-7-1-2-16(14-27)24-19-5-6-23-20(25-19)26-8-10-28-11-9-26/h3-6,12,16H,1-2,7-11,14H2,(H,23,24,25). The van der Waals surface area contributed by atoms with Crippen LogP contribution in [0.1, 0.15) is 18.4 Å². The van der Waals surface area contributed by atoms with Gasteiger partial charge < -0.3 is 19.9 Å². The molecule has 1 aromatic heterocycles. The Labute approximate surface area is 163 Å². The number of nitrogens with zero attached hydrogens (tertiary/aromatic N) is 5. The van der Waals surface area contributed by atoms with Crippen LogP contribution in [0.5, 0.6) is 0 Å².